The highest BCUT2D eigenvalue weighted by Gasteiger charge is 2.20. The van der Waals surface area contributed by atoms with Crippen molar-refractivity contribution in [2.24, 2.45) is 5.92 Å². The van der Waals surface area contributed by atoms with Gasteiger partial charge in [-0.05, 0) is 37.3 Å². The Balaban J connectivity index is 1.42. The topological polar surface area (TPSA) is 101 Å². The van der Waals surface area contributed by atoms with Crippen LogP contribution >= 0.6 is 0 Å². The first-order chi connectivity index (χ1) is 13.2. The van der Waals surface area contributed by atoms with Gasteiger partial charge in [0.2, 0.25) is 10.9 Å². The summed E-state index contributed by atoms with van der Waals surface area (Å²) >= 11 is 0. The molecular formula is C18H21N5O3S. The molecule has 9 heteroatoms. The van der Waals surface area contributed by atoms with Crippen LogP contribution in [0.25, 0.3) is 22.4 Å². The fourth-order valence-electron chi connectivity index (χ4n) is 3.50. The number of rotatable bonds is 6. The second-order valence-corrected chi connectivity index (χ2v) is 7.51. The molecule has 1 aliphatic rings. The fraction of sp³-hybridized carbons (Fsp3) is 0.389. The molecule has 1 fully saturated rings. The van der Waals surface area contributed by atoms with Gasteiger partial charge in [0, 0.05) is 31.3 Å². The Labute approximate surface area is 158 Å². The largest absolute Gasteiger partial charge is 0.443 e. The zero-order valence-electron chi connectivity index (χ0n) is 14.7. The molecule has 0 amide bonds. The van der Waals surface area contributed by atoms with Crippen LogP contribution in [0.15, 0.2) is 41.4 Å². The molecular weight excluding hydrogens is 366 g/mol. The fourth-order valence-corrected chi connectivity index (χ4v) is 3.81. The highest BCUT2D eigenvalue weighted by molar-refractivity contribution is 7.70. The number of thiol groups is 1. The van der Waals surface area contributed by atoms with Crippen LogP contribution in [0.3, 0.4) is 0 Å². The highest BCUT2D eigenvalue weighted by Crippen LogP contribution is 2.27. The molecule has 1 saturated heterocycles. The van der Waals surface area contributed by atoms with Gasteiger partial charge in [-0.3, -0.25) is 0 Å². The Morgan fingerprint density at radius 1 is 1.15 bits per heavy atom. The number of nitrogens with zero attached hydrogens (tertiary/aromatic N) is 4. The number of piperidine rings is 1. The summed E-state index contributed by atoms with van der Waals surface area (Å²) < 4.78 is 29.0. The zero-order valence-corrected chi connectivity index (χ0v) is 15.6. The first-order valence-corrected chi connectivity index (χ1v) is 10.2. The Morgan fingerprint density at radius 2 is 2.00 bits per heavy atom. The van der Waals surface area contributed by atoms with E-state index in [9.17, 15) is 8.42 Å². The predicted octanol–water partition coefficient (Wildman–Crippen LogP) is 2.01. The van der Waals surface area contributed by atoms with Crippen molar-refractivity contribution in [1.82, 2.24) is 19.7 Å². The van der Waals surface area contributed by atoms with Crippen LogP contribution in [0.1, 0.15) is 19.3 Å². The minimum Gasteiger partial charge on any atom is -0.443 e. The van der Waals surface area contributed by atoms with Gasteiger partial charge in [-0.15, -0.1) is 0 Å². The Kier molecular flexibility index (Phi) is 5.30. The van der Waals surface area contributed by atoms with Gasteiger partial charge >= 0.3 is 0 Å². The molecule has 0 radical (unpaired) electrons. The molecule has 3 heterocycles. The monoisotopic (exact) mass is 387 g/mol. The van der Waals surface area contributed by atoms with E-state index in [2.05, 4.69) is 24.6 Å². The Bertz CT molecular complexity index is 987. The summed E-state index contributed by atoms with van der Waals surface area (Å²) in [5.41, 5.74) is 3.38. The van der Waals surface area contributed by atoms with E-state index in [0.717, 1.165) is 60.5 Å². The molecule has 142 valence electrons. The average Bonchev–Trinajstić information content (AvgIpc) is 3.16. The number of oxazole rings is 1. The van der Waals surface area contributed by atoms with Crippen LogP contribution in [0.5, 0.6) is 0 Å². The third-order valence-corrected chi connectivity index (χ3v) is 5.49. The summed E-state index contributed by atoms with van der Waals surface area (Å²) in [5.74, 6) is 1.45. The maximum Gasteiger partial charge on any atom is 0.201 e. The predicted molar refractivity (Wildman–Crippen MR) is 103 cm³/mol. The quantitative estimate of drug-likeness (QED) is 0.624. The normalized spacial score (nSPS) is 15.7. The minimum absolute atomic E-state index is 0.519. The molecule has 4 rings (SSSR count). The van der Waals surface area contributed by atoms with Crippen molar-refractivity contribution in [3.8, 4) is 11.3 Å². The molecule has 0 unspecified atom stereocenters. The first kappa shape index (κ1) is 17.9. The number of nitrogens with one attached hydrogen (secondary N) is 1. The first-order valence-electron chi connectivity index (χ1n) is 8.97. The SMILES string of the molecule is O=[SH](=O)NCCC1CCN(c2cc(-c3ccc4ncoc4c3)ncn2)CC1. The third-order valence-electron chi connectivity index (χ3n) is 5.01. The maximum atomic E-state index is 10.6. The van der Waals surface area contributed by atoms with E-state index in [0.29, 0.717) is 12.5 Å². The summed E-state index contributed by atoms with van der Waals surface area (Å²) in [6.07, 6.45) is 5.97. The molecule has 0 bridgehead atoms. The van der Waals surface area contributed by atoms with E-state index in [1.165, 1.54) is 6.39 Å². The van der Waals surface area contributed by atoms with E-state index in [1.54, 1.807) is 6.33 Å². The Morgan fingerprint density at radius 3 is 2.81 bits per heavy atom. The van der Waals surface area contributed by atoms with E-state index < -0.39 is 10.9 Å². The molecule has 1 aliphatic heterocycles. The smallest absolute Gasteiger partial charge is 0.201 e. The number of hydrogen-bond donors (Lipinski definition) is 2. The summed E-state index contributed by atoms with van der Waals surface area (Å²) in [6.45, 7) is 2.34. The molecule has 0 spiro atoms. The van der Waals surface area contributed by atoms with Crippen molar-refractivity contribution >= 4 is 27.8 Å². The molecule has 0 saturated carbocycles. The number of anilines is 1. The molecule has 1 N–H and O–H groups in total. The van der Waals surface area contributed by atoms with Crippen molar-refractivity contribution in [3.63, 3.8) is 0 Å². The van der Waals surface area contributed by atoms with Gasteiger partial charge in [-0.25, -0.2) is 28.1 Å². The molecule has 1 aromatic carbocycles. The highest BCUT2D eigenvalue weighted by atomic mass is 32.2. The second-order valence-electron chi connectivity index (χ2n) is 6.68. The van der Waals surface area contributed by atoms with Gasteiger partial charge in [0.1, 0.15) is 17.7 Å². The number of aromatic nitrogens is 3. The number of hydrogen-bond acceptors (Lipinski definition) is 7. The maximum absolute atomic E-state index is 10.6. The van der Waals surface area contributed by atoms with Gasteiger partial charge in [-0.1, -0.05) is 6.07 Å². The molecule has 0 atom stereocenters. The summed E-state index contributed by atoms with van der Waals surface area (Å²) in [7, 11) is -2.49. The Hall–Kier alpha value is -2.52. The standard InChI is InChI=1S/C18H21N5O3S/c24-27(25)22-6-3-13-4-7-23(8-5-13)18-10-16(19-11-20-18)14-1-2-15-17(9-14)26-12-21-15/h1-2,9-13,27H,3-8H2,(H,22,24,25). The van der Waals surface area contributed by atoms with Gasteiger partial charge in [0.15, 0.2) is 12.0 Å². The van der Waals surface area contributed by atoms with Crippen molar-refractivity contribution < 1.29 is 12.8 Å². The second kappa shape index (κ2) is 8.01. The van der Waals surface area contributed by atoms with E-state index >= 15 is 0 Å². The summed E-state index contributed by atoms with van der Waals surface area (Å²) in [6, 6.07) is 7.85. The van der Waals surface area contributed by atoms with E-state index in [4.69, 9.17) is 4.42 Å². The van der Waals surface area contributed by atoms with E-state index in [-0.39, 0.29) is 0 Å². The molecule has 2 aromatic heterocycles. The van der Waals surface area contributed by atoms with Crippen molar-refractivity contribution in [1.29, 1.82) is 0 Å². The van der Waals surface area contributed by atoms with Crippen molar-refractivity contribution in [2.75, 3.05) is 24.5 Å². The van der Waals surface area contributed by atoms with E-state index in [1.807, 2.05) is 24.3 Å². The van der Waals surface area contributed by atoms with Crippen LogP contribution in [0, 0.1) is 5.92 Å². The third kappa shape index (κ3) is 4.25. The van der Waals surface area contributed by atoms with Crippen LogP contribution in [-0.4, -0.2) is 43.0 Å². The molecule has 8 nitrogen and oxygen atoms in total. The van der Waals surface area contributed by atoms with Crippen LogP contribution in [0.2, 0.25) is 0 Å². The summed E-state index contributed by atoms with van der Waals surface area (Å²) in [4.78, 5) is 15.2. The lowest BCUT2D eigenvalue weighted by molar-refractivity contribution is 0.381. The number of benzene rings is 1. The van der Waals surface area contributed by atoms with Crippen molar-refractivity contribution in [3.05, 3.63) is 37.0 Å². The average molecular weight is 387 g/mol. The van der Waals surface area contributed by atoms with Gasteiger partial charge in [-0.2, -0.15) is 0 Å². The van der Waals surface area contributed by atoms with Crippen molar-refractivity contribution in [2.45, 2.75) is 19.3 Å². The minimum atomic E-state index is -2.49. The lowest BCUT2D eigenvalue weighted by atomic mass is 9.93. The number of fused-ring (bicyclic) bond motifs is 1. The van der Waals surface area contributed by atoms with Gasteiger partial charge < -0.3 is 9.32 Å². The van der Waals surface area contributed by atoms with Crippen LogP contribution in [-0.2, 0) is 10.9 Å². The zero-order chi connectivity index (χ0) is 18.6. The summed E-state index contributed by atoms with van der Waals surface area (Å²) in [5, 5.41) is 0. The van der Waals surface area contributed by atoms with Crippen LogP contribution in [0.4, 0.5) is 5.82 Å². The molecule has 0 aliphatic carbocycles. The van der Waals surface area contributed by atoms with Crippen LogP contribution < -0.4 is 9.62 Å². The van der Waals surface area contributed by atoms with Gasteiger partial charge in [0.05, 0.1) is 5.69 Å². The van der Waals surface area contributed by atoms with Gasteiger partial charge in [0.25, 0.3) is 0 Å². The lowest BCUT2D eigenvalue weighted by Crippen LogP contribution is -2.35. The molecule has 3 aromatic rings. The molecule has 27 heavy (non-hydrogen) atoms. The lowest BCUT2D eigenvalue weighted by Gasteiger charge is -2.32.